The summed E-state index contributed by atoms with van der Waals surface area (Å²) in [5.74, 6) is 2.88. The third-order valence-corrected chi connectivity index (χ3v) is 11.6. The van der Waals surface area contributed by atoms with Crippen molar-refractivity contribution < 1.29 is 19.0 Å². The van der Waals surface area contributed by atoms with Crippen LogP contribution in [0, 0.1) is 45.8 Å². The minimum Gasteiger partial charge on any atom is -0.466 e. The Morgan fingerprint density at radius 1 is 1.14 bits per heavy atom. The summed E-state index contributed by atoms with van der Waals surface area (Å²) in [5.41, 5.74) is 0.734. The molecular weight excluding hydrogens is 364 g/mol. The molecule has 0 amide bonds. The fourth-order valence-corrected chi connectivity index (χ4v) is 10.3. The summed E-state index contributed by atoms with van der Waals surface area (Å²) in [6.07, 6.45) is 9.75. The topological polar surface area (TPSA) is 48.1 Å². The van der Waals surface area contributed by atoms with Gasteiger partial charge in [0.1, 0.15) is 5.60 Å². The van der Waals surface area contributed by atoms with Gasteiger partial charge in [0.05, 0.1) is 24.7 Å². The van der Waals surface area contributed by atoms with E-state index in [9.17, 15) is 4.79 Å². The zero-order valence-corrected chi connectivity index (χ0v) is 18.8. The molecule has 1 aliphatic heterocycles. The maximum atomic E-state index is 12.7. The Kier molecular flexibility index (Phi) is 3.69. The van der Waals surface area contributed by atoms with Crippen molar-refractivity contribution in [2.24, 2.45) is 45.8 Å². The van der Waals surface area contributed by atoms with Gasteiger partial charge in [0, 0.05) is 17.9 Å². The zero-order valence-electron chi connectivity index (χ0n) is 18.8. The van der Waals surface area contributed by atoms with Gasteiger partial charge in [0.2, 0.25) is 0 Å². The predicted molar refractivity (Wildman–Crippen MR) is 109 cm³/mol. The molecule has 29 heavy (non-hydrogen) atoms. The number of methoxy groups -OCH3 is 1. The second-order valence-electron chi connectivity index (χ2n) is 11.8. The van der Waals surface area contributed by atoms with Crippen LogP contribution in [0.4, 0.5) is 0 Å². The van der Waals surface area contributed by atoms with Crippen LogP contribution >= 0.6 is 0 Å². The van der Waals surface area contributed by atoms with Crippen LogP contribution < -0.4 is 0 Å². The molecule has 5 aliphatic carbocycles. The summed E-state index contributed by atoms with van der Waals surface area (Å²) in [5, 5.41) is 0. The van der Waals surface area contributed by atoms with Crippen LogP contribution in [-0.2, 0) is 19.0 Å². The Hall–Kier alpha value is -0.610. The van der Waals surface area contributed by atoms with Crippen molar-refractivity contribution >= 4 is 5.97 Å². The first-order valence-corrected chi connectivity index (χ1v) is 12.2. The molecule has 6 rings (SSSR count). The van der Waals surface area contributed by atoms with Crippen LogP contribution in [0.2, 0.25) is 0 Å². The molecular formula is C25H38O4. The van der Waals surface area contributed by atoms with E-state index < -0.39 is 0 Å². The van der Waals surface area contributed by atoms with Crippen LogP contribution in [0.3, 0.4) is 0 Å². The Labute approximate surface area is 175 Å². The van der Waals surface area contributed by atoms with Gasteiger partial charge >= 0.3 is 5.97 Å². The second-order valence-corrected chi connectivity index (χ2v) is 11.8. The summed E-state index contributed by atoms with van der Waals surface area (Å²) in [4.78, 5) is 12.7. The van der Waals surface area contributed by atoms with Crippen molar-refractivity contribution in [3.8, 4) is 0 Å². The van der Waals surface area contributed by atoms with E-state index in [1.807, 2.05) is 14.0 Å². The van der Waals surface area contributed by atoms with E-state index >= 15 is 0 Å². The highest BCUT2D eigenvalue weighted by Gasteiger charge is 2.83. The van der Waals surface area contributed by atoms with E-state index in [-0.39, 0.29) is 29.0 Å². The number of epoxide rings is 1. The molecule has 0 aromatic rings. The molecule has 6 fully saturated rings. The van der Waals surface area contributed by atoms with Crippen molar-refractivity contribution in [1.29, 1.82) is 0 Å². The third-order valence-electron chi connectivity index (χ3n) is 11.6. The fourth-order valence-electron chi connectivity index (χ4n) is 10.3. The van der Waals surface area contributed by atoms with Gasteiger partial charge in [-0.1, -0.05) is 13.8 Å². The normalized spacial score (nSPS) is 59.6. The number of carbonyl (C=O) groups excluding carboxylic acids is 1. The molecule has 0 radical (unpaired) electrons. The van der Waals surface area contributed by atoms with Crippen molar-refractivity contribution in [2.75, 3.05) is 13.7 Å². The molecule has 1 spiro atoms. The van der Waals surface area contributed by atoms with Crippen molar-refractivity contribution in [3.05, 3.63) is 0 Å². The molecule has 11 atom stereocenters. The number of hydrogen-bond acceptors (Lipinski definition) is 4. The Morgan fingerprint density at radius 3 is 2.59 bits per heavy atom. The van der Waals surface area contributed by atoms with Gasteiger partial charge < -0.3 is 14.2 Å². The maximum Gasteiger partial charge on any atom is 0.311 e. The number of hydrogen-bond donors (Lipinski definition) is 0. The molecule has 6 aliphatic rings. The molecule has 0 aromatic heterocycles. The van der Waals surface area contributed by atoms with Crippen molar-refractivity contribution in [1.82, 2.24) is 0 Å². The summed E-state index contributed by atoms with van der Waals surface area (Å²) in [6.45, 7) is 9.47. The summed E-state index contributed by atoms with van der Waals surface area (Å²) >= 11 is 0. The van der Waals surface area contributed by atoms with Crippen molar-refractivity contribution in [2.45, 2.75) is 90.4 Å². The van der Waals surface area contributed by atoms with Crippen LogP contribution in [0.1, 0.15) is 72.6 Å². The first kappa shape index (κ1) is 19.1. The molecule has 0 N–H and O–H groups in total. The Bertz CT molecular complexity index is 751. The average molecular weight is 403 g/mol. The Morgan fingerprint density at radius 2 is 1.90 bits per heavy atom. The van der Waals surface area contributed by atoms with Crippen LogP contribution in [0.25, 0.3) is 0 Å². The molecule has 4 heteroatoms. The second kappa shape index (κ2) is 5.59. The highest BCUT2D eigenvalue weighted by Crippen LogP contribution is 2.83. The van der Waals surface area contributed by atoms with Gasteiger partial charge in [-0.05, 0) is 87.9 Å². The largest absolute Gasteiger partial charge is 0.466 e. The first-order chi connectivity index (χ1) is 13.8. The molecule has 1 saturated heterocycles. The summed E-state index contributed by atoms with van der Waals surface area (Å²) in [7, 11) is 1.95. The number of rotatable bonds is 4. The zero-order chi connectivity index (χ0) is 20.4. The van der Waals surface area contributed by atoms with Gasteiger partial charge in [0.15, 0.2) is 0 Å². The van der Waals surface area contributed by atoms with Crippen LogP contribution in [0.5, 0.6) is 0 Å². The highest BCUT2D eigenvalue weighted by molar-refractivity contribution is 5.75. The standard InChI is InChI=1S/C25H38O4/c1-6-28-21(26)14(2)25-20(29-25)12-18-16-11-19(27-5)24-13-15(24)7-9-22(24,3)17(16)8-10-23(18,25)4/h14-20H,6-13H2,1-5H3/t14-,15-,16-,17+,18+,19-,20-,22-,23+,24+,25-/m1/s1. The predicted octanol–water partition coefficient (Wildman–Crippen LogP) is 4.60. The molecule has 5 saturated carbocycles. The maximum absolute atomic E-state index is 12.7. The third kappa shape index (κ3) is 1.90. The number of carbonyl (C=O) groups is 1. The molecule has 4 nitrogen and oxygen atoms in total. The van der Waals surface area contributed by atoms with Crippen LogP contribution in [0.15, 0.2) is 0 Å². The number of esters is 1. The molecule has 0 bridgehead atoms. The van der Waals surface area contributed by atoms with E-state index in [1.165, 1.54) is 38.5 Å². The van der Waals surface area contributed by atoms with Crippen LogP contribution in [-0.4, -0.2) is 37.5 Å². The van der Waals surface area contributed by atoms with E-state index in [0.29, 0.717) is 29.5 Å². The molecule has 0 unspecified atom stereocenters. The van der Waals surface area contributed by atoms with E-state index in [4.69, 9.17) is 14.2 Å². The van der Waals surface area contributed by atoms with Gasteiger partial charge in [-0.2, -0.15) is 0 Å². The van der Waals surface area contributed by atoms with Crippen molar-refractivity contribution in [3.63, 3.8) is 0 Å². The monoisotopic (exact) mass is 402 g/mol. The first-order valence-electron chi connectivity index (χ1n) is 12.2. The minimum atomic E-state index is -0.286. The minimum absolute atomic E-state index is 0.0695. The fraction of sp³-hybridized carbons (Fsp3) is 0.960. The Balaban J connectivity index is 1.34. The lowest BCUT2D eigenvalue weighted by Crippen LogP contribution is -2.59. The van der Waals surface area contributed by atoms with Gasteiger partial charge in [-0.3, -0.25) is 4.79 Å². The van der Waals surface area contributed by atoms with E-state index in [1.54, 1.807) is 0 Å². The summed E-state index contributed by atoms with van der Waals surface area (Å²) < 4.78 is 18.0. The van der Waals surface area contributed by atoms with Gasteiger partial charge in [-0.15, -0.1) is 0 Å². The smallest absolute Gasteiger partial charge is 0.311 e. The van der Waals surface area contributed by atoms with Gasteiger partial charge in [-0.25, -0.2) is 0 Å². The number of fused-ring (bicyclic) bond motifs is 6. The lowest BCUT2D eigenvalue weighted by atomic mass is 9.45. The molecule has 162 valence electrons. The van der Waals surface area contributed by atoms with E-state index in [2.05, 4.69) is 20.8 Å². The average Bonchev–Trinajstić information content (AvgIpc) is 3.57. The molecule has 0 aromatic carbocycles. The summed E-state index contributed by atoms with van der Waals surface area (Å²) in [6, 6.07) is 0. The number of ether oxygens (including phenoxy) is 3. The lowest BCUT2D eigenvalue weighted by molar-refractivity contribution is -0.178. The van der Waals surface area contributed by atoms with Gasteiger partial charge in [0.25, 0.3) is 0 Å². The highest BCUT2D eigenvalue weighted by atomic mass is 16.6. The molecule has 1 heterocycles. The quantitative estimate of drug-likeness (QED) is 0.509. The lowest BCUT2D eigenvalue weighted by Gasteiger charge is -2.61. The van der Waals surface area contributed by atoms with E-state index in [0.717, 1.165) is 24.2 Å². The SMILES string of the molecule is CCOC(=O)[C@@H](C)[C@@]12O[C@@H]1C[C@H]1[C@@H]3C[C@@H](OC)[C@]45C[C@H]4CC[C@]5(C)[C@H]3CC[C@@]12C.